The third-order valence-electron chi connectivity index (χ3n) is 7.77. The van der Waals surface area contributed by atoms with Crippen molar-refractivity contribution < 1.29 is 23.8 Å². The summed E-state index contributed by atoms with van der Waals surface area (Å²) in [5.41, 5.74) is 0.786. The summed E-state index contributed by atoms with van der Waals surface area (Å²) in [5.74, 6) is -0.371. The Hall–Kier alpha value is -2.23. The van der Waals surface area contributed by atoms with Crippen LogP contribution in [0, 0.1) is 11.7 Å². The number of hydrogen-bond acceptors (Lipinski definition) is 7. The topological polar surface area (TPSA) is 85.4 Å². The fourth-order valence-electron chi connectivity index (χ4n) is 5.54. The fourth-order valence-corrected chi connectivity index (χ4v) is 5.54. The van der Waals surface area contributed by atoms with Gasteiger partial charge in [0.05, 0.1) is 36.4 Å². The molecule has 0 aromatic heterocycles. The Morgan fingerprint density at radius 2 is 1.77 bits per heavy atom. The molecule has 1 aromatic rings. The van der Waals surface area contributed by atoms with Crippen molar-refractivity contribution in [2.24, 2.45) is 5.92 Å². The minimum atomic E-state index is -0.809. The lowest BCUT2D eigenvalue weighted by atomic mass is 10.1. The van der Waals surface area contributed by atoms with Crippen LogP contribution in [0.3, 0.4) is 0 Å². The van der Waals surface area contributed by atoms with Gasteiger partial charge in [-0.15, -0.1) is 0 Å². The molecule has 2 amide bonds. The number of carbonyl (C=O) groups is 2. The Labute approximate surface area is 206 Å². The minimum absolute atomic E-state index is 0.0222. The van der Waals surface area contributed by atoms with Gasteiger partial charge in [-0.3, -0.25) is 19.4 Å². The third-order valence-corrected chi connectivity index (χ3v) is 7.77. The molecule has 5 rings (SSSR count). The quantitative estimate of drug-likeness (QED) is 0.513. The summed E-state index contributed by atoms with van der Waals surface area (Å²) in [4.78, 5) is 30.9. The first-order valence-electron chi connectivity index (χ1n) is 13.1. The molecule has 2 saturated heterocycles. The molecule has 4 fully saturated rings. The first-order chi connectivity index (χ1) is 16.9. The maximum atomic E-state index is 14.1. The Bertz CT molecular complexity index is 928. The van der Waals surface area contributed by atoms with Crippen molar-refractivity contribution in [3.63, 3.8) is 0 Å². The molecule has 192 valence electrons. The number of aliphatic hydroxyl groups is 1. The number of imide groups is 1. The normalized spacial score (nSPS) is 27.2. The highest BCUT2D eigenvalue weighted by Gasteiger charge is 2.47. The van der Waals surface area contributed by atoms with E-state index in [-0.39, 0.29) is 30.3 Å². The van der Waals surface area contributed by atoms with Crippen molar-refractivity contribution in [1.29, 1.82) is 0 Å². The summed E-state index contributed by atoms with van der Waals surface area (Å²) < 4.78 is 20.3. The van der Waals surface area contributed by atoms with Crippen LogP contribution in [0.4, 0.5) is 10.1 Å². The number of benzene rings is 1. The smallest absolute Gasteiger partial charge is 0.247 e. The molecular weight excluding hydrogens is 451 g/mol. The summed E-state index contributed by atoms with van der Waals surface area (Å²) in [7, 11) is 0. The molecule has 3 atom stereocenters. The predicted molar refractivity (Wildman–Crippen MR) is 130 cm³/mol. The number of likely N-dealkylation sites (tertiary alicyclic amines) is 1. The Kier molecular flexibility index (Phi) is 7.27. The Balaban J connectivity index is 1.13. The molecule has 2 heterocycles. The maximum absolute atomic E-state index is 14.1. The number of nitrogens with one attached hydrogen (secondary N) is 1. The Morgan fingerprint density at radius 1 is 1.06 bits per heavy atom. The number of hydrogen-bond donors (Lipinski definition) is 2. The van der Waals surface area contributed by atoms with Gasteiger partial charge in [-0.05, 0) is 50.7 Å². The molecule has 0 bridgehead atoms. The summed E-state index contributed by atoms with van der Waals surface area (Å²) in [6, 6.07) is 4.59. The van der Waals surface area contributed by atoms with Gasteiger partial charge in [-0.2, -0.15) is 0 Å². The molecule has 0 radical (unpaired) electrons. The van der Waals surface area contributed by atoms with Gasteiger partial charge in [-0.25, -0.2) is 4.39 Å². The van der Waals surface area contributed by atoms with Crippen molar-refractivity contribution in [2.45, 2.75) is 69.7 Å². The van der Waals surface area contributed by atoms with Crippen LogP contribution in [-0.4, -0.2) is 90.3 Å². The van der Waals surface area contributed by atoms with Crippen LogP contribution in [0.2, 0.25) is 0 Å². The molecule has 8 nitrogen and oxygen atoms in total. The van der Waals surface area contributed by atoms with E-state index in [2.05, 4.69) is 15.1 Å². The number of nitrogens with zero attached hydrogens (tertiary/aromatic N) is 3. The van der Waals surface area contributed by atoms with Crippen molar-refractivity contribution in [3.8, 4) is 5.75 Å². The maximum Gasteiger partial charge on any atom is 0.247 e. The summed E-state index contributed by atoms with van der Waals surface area (Å²) in [6.07, 6.45) is 5.92. The third kappa shape index (κ3) is 5.62. The van der Waals surface area contributed by atoms with Crippen molar-refractivity contribution in [2.75, 3.05) is 44.2 Å². The lowest BCUT2D eigenvalue weighted by Gasteiger charge is -2.38. The van der Waals surface area contributed by atoms with Crippen LogP contribution in [0.15, 0.2) is 18.2 Å². The van der Waals surface area contributed by atoms with E-state index in [9.17, 15) is 19.1 Å². The molecule has 2 aliphatic heterocycles. The highest BCUT2D eigenvalue weighted by molar-refractivity contribution is 6.07. The number of aliphatic hydroxyl groups excluding tert-OH is 1. The molecular formula is C26H37FN4O4. The fraction of sp³-hybridized carbons (Fsp3) is 0.692. The zero-order valence-electron chi connectivity index (χ0n) is 20.5. The van der Waals surface area contributed by atoms with E-state index in [1.54, 1.807) is 19.1 Å². The van der Waals surface area contributed by atoms with E-state index in [0.717, 1.165) is 37.1 Å². The van der Waals surface area contributed by atoms with Gasteiger partial charge in [-0.1, -0.05) is 6.92 Å². The van der Waals surface area contributed by atoms with Gasteiger partial charge in [0.25, 0.3) is 0 Å². The number of amides is 2. The van der Waals surface area contributed by atoms with Crippen LogP contribution < -0.4 is 15.0 Å². The van der Waals surface area contributed by atoms with Crippen LogP contribution in [0.25, 0.3) is 0 Å². The predicted octanol–water partition coefficient (Wildman–Crippen LogP) is 1.76. The van der Waals surface area contributed by atoms with Crippen LogP contribution in [0.1, 0.15) is 45.4 Å². The summed E-state index contributed by atoms with van der Waals surface area (Å²) in [6.45, 7) is 4.94. The van der Waals surface area contributed by atoms with Crippen molar-refractivity contribution >= 4 is 17.5 Å². The second kappa shape index (κ2) is 10.4. The van der Waals surface area contributed by atoms with E-state index in [0.29, 0.717) is 38.8 Å². The second-order valence-electron chi connectivity index (χ2n) is 10.6. The van der Waals surface area contributed by atoms with Crippen LogP contribution in [-0.2, 0) is 9.59 Å². The number of anilines is 1. The SMILES string of the molecule is CC1C(=O)N(CC(O)CN2CCN(c3cc(F)ccc3OC3CCCC3)CC2)C(=O)C1NC1CC1. The molecule has 35 heavy (non-hydrogen) atoms. The molecule has 0 spiro atoms. The van der Waals surface area contributed by atoms with E-state index in [1.165, 1.54) is 23.8 Å². The molecule has 2 aliphatic carbocycles. The number of piperazine rings is 1. The Morgan fingerprint density at radius 3 is 2.46 bits per heavy atom. The molecule has 2 saturated carbocycles. The van der Waals surface area contributed by atoms with Gasteiger partial charge in [0.2, 0.25) is 11.8 Å². The van der Waals surface area contributed by atoms with Crippen LogP contribution >= 0.6 is 0 Å². The zero-order chi connectivity index (χ0) is 24.5. The van der Waals surface area contributed by atoms with Gasteiger partial charge in [0.1, 0.15) is 11.6 Å². The lowest BCUT2D eigenvalue weighted by molar-refractivity contribution is -0.141. The monoisotopic (exact) mass is 488 g/mol. The van der Waals surface area contributed by atoms with Crippen molar-refractivity contribution in [1.82, 2.24) is 15.1 Å². The number of rotatable bonds is 9. The first kappa shape index (κ1) is 24.5. The molecule has 2 N–H and O–H groups in total. The number of β-amino-alcohol motifs (C(OH)–C–C–N with tert-alkyl or cyclic N) is 1. The number of halogens is 1. The summed E-state index contributed by atoms with van der Waals surface area (Å²) in [5, 5.41) is 14.0. The highest BCUT2D eigenvalue weighted by Crippen LogP contribution is 2.34. The molecule has 3 unspecified atom stereocenters. The van der Waals surface area contributed by atoms with Gasteiger partial charge in [0.15, 0.2) is 0 Å². The summed E-state index contributed by atoms with van der Waals surface area (Å²) >= 11 is 0. The average Bonchev–Trinajstić information content (AvgIpc) is 3.49. The van der Waals surface area contributed by atoms with Gasteiger partial charge >= 0.3 is 0 Å². The second-order valence-corrected chi connectivity index (χ2v) is 10.6. The largest absolute Gasteiger partial charge is 0.488 e. The molecule has 9 heteroatoms. The average molecular weight is 489 g/mol. The number of ether oxygens (including phenoxy) is 1. The van der Waals surface area contributed by atoms with Gasteiger partial charge < -0.3 is 20.1 Å². The van der Waals surface area contributed by atoms with Crippen LogP contribution in [0.5, 0.6) is 5.75 Å². The molecule has 1 aromatic carbocycles. The minimum Gasteiger partial charge on any atom is -0.488 e. The molecule has 4 aliphatic rings. The van der Waals surface area contributed by atoms with E-state index in [1.807, 2.05) is 0 Å². The lowest BCUT2D eigenvalue weighted by Crippen LogP contribution is -2.51. The van der Waals surface area contributed by atoms with E-state index in [4.69, 9.17) is 4.74 Å². The van der Waals surface area contributed by atoms with E-state index >= 15 is 0 Å². The van der Waals surface area contributed by atoms with Gasteiger partial charge in [0, 0.05) is 44.8 Å². The van der Waals surface area contributed by atoms with E-state index < -0.39 is 18.1 Å². The van der Waals surface area contributed by atoms with Crippen molar-refractivity contribution in [3.05, 3.63) is 24.0 Å². The first-order valence-corrected chi connectivity index (χ1v) is 13.1. The highest BCUT2D eigenvalue weighted by atomic mass is 19.1. The number of carbonyl (C=O) groups excluding carboxylic acids is 2. The standard InChI is InChI=1S/C26H37FN4O4/c1-17-24(28-19-7-8-19)26(34)31(25(17)33)16-20(32)15-29-10-12-30(13-11-29)22-14-18(27)6-9-23(22)35-21-4-2-3-5-21/h6,9,14,17,19-21,24,28,32H,2-5,7-8,10-13,15-16H2,1H3. The zero-order valence-corrected chi connectivity index (χ0v) is 20.5.